The molecule has 4 heteroatoms. The molecule has 1 amide bonds. The van der Waals surface area contributed by atoms with Crippen LogP contribution in [0.4, 0.5) is 5.69 Å². The SMILES string of the molecule is COc1ccc(N(C)C(=O)C2NCCC2C)cc1. The zero-order valence-electron chi connectivity index (χ0n) is 11.1. The van der Waals surface area contributed by atoms with Crippen LogP contribution in [0.1, 0.15) is 13.3 Å². The Morgan fingerprint density at radius 3 is 2.56 bits per heavy atom. The van der Waals surface area contributed by atoms with Crippen molar-refractivity contribution in [1.82, 2.24) is 5.32 Å². The van der Waals surface area contributed by atoms with Gasteiger partial charge in [0.2, 0.25) is 5.91 Å². The standard InChI is InChI=1S/C14H20N2O2/c1-10-8-9-15-13(10)14(17)16(2)11-4-6-12(18-3)7-5-11/h4-7,10,13,15H,8-9H2,1-3H3. The normalized spacial score (nSPS) is 22.8. The van der Waals surface area contributed by atoms with Crippen molar-refractivity contribution in [1.29, 1.82) is 0 Å². The first-order chi connectivity index (χ1) is 8.63. The second-order valence-electron chi connectivity index (χ2n) is 4.79. The second kappa shape index (κ2) is 5.40. The third-order valence-corrected chi connectivity index (χ3v) is 3.59. The third-order valence-electron chi connectivity index (χ3n) is 3.59. The van der Waals surface area contributed by atoms with Gasteiger partial charge < -0.3 is 15.0 Å². The molecule has 0 radical (unpaired) electrons. The van der Waals surface area contributed by atoms with Gasteiger partial charge in [0.15, 0.2) is 0 Å². The van der Waals surface area contributed by atoms with Crippen LogP contribution in [0.15, 0.2) is 24.3 Å². The summed E-state index contributed by atoms with van der Waals surface area (Å²) < 4.78 is 5.11. The van der Waals surface area contributed by atoms with E-state index in [2.05, 4.69) is 12.2 Å². The van der Waals surface area contributed by atoms with Crippen LogP contribution in [0.3, 0.4) is 0 Å². The molecular formula is C14H20N2O2. The average molecular weight is 248 g/mol. The van der Waals surface area contributed by atoms with Crippen molar-refractivity contribution in [2.45, 2.75) is 19.4 Å². The summed E-state index contributed by atoms with van der Waals surface area (Å²) in [7, 11) is 3.45. The molecule has 1 N–H and O–H groups in total. The van der Waals surface area contributed by atoms with Gasteiger partial charge in [0, 0.05) is 12.7 Å². The number of nitrogens with one attached hydrogen (secondary N) is 1. The fraction of sp³-hybridized carbons (Fsp3) is 0.500. The minimum Gasteiger partial charge on any atom is -0.497 e. The van der Waals surface area contributed by atoms with Crippen molar-refractivity contribution in [3.05, 3.63) is 24.3 Å². The smallest absolute Gasteiger partial charge is 0.244 e. The fourth-order valence-electron chi connectivity index (χ4n) is 2.31. The maximum absolute atomic E-state index is 12.3. The van der Waals surface area contributed by atoms with Gasteiger partial charge in [0.05, 0.1) is 13.2 Å². The molecule has 18 heavy (non-hydrogen) atoms. The van der Waals surface area contributed by atoms with Crippen molar-refractivity contribution in [3.8, 4) is 5.75 Å². The molecule has 1 aliphatic heterocycles. The first-order valence-corrected chi connectivity index (χ1v) is 6.28. The van der Waals surface area contributed by atoms with Gasteiger partial charge in [-0.1, -0.05) is 6.92 Å². The van der Waals surface area contributed by atoms with E-state index in [1.807, 2.05) is 31.3 Å². The van der Waals surface area contributed by atoms with Crippen LogP contribution in [-0.2, 0) is 4.79 Å². The van der Waals surface area contributed by atoms with Gasteiger partial charge in [-0.2, -0.15) is 0 Å². The number of likely N-dealkylation sites (N-methyl/N-ethyl adjacent to an activating group) is 1. The molecular weight excluding hydrogens is 228 g/mol. The lowest BCUT2D eigenvalue weighted by Gasteiger charge is -2.23. The average Bonchev–Trinajstić information content (AvgIpc) is 2.83. The number of hydrogen-bond donors (Lipinski definition) is 1. The molecule has 0 aromatic heterocycles. The highest BCUT2D eigenvalue weighted by Gasteiger charge is 2.31. The molecule has 4 nitrogen and oxygen atoms in total. The molecule has 1 heterocycles. The van der Waals surface area contributed by atoms with Gasteiger partial charge in [-0.05, 0) is 43.1 Å². The highest BCUT2D eigenvalue weighted by molar-refractivity contribution is 5.97. The van der Waals surface area contributed by atoms with E-state index in [1.165, 1.54) is 0 Å². The molecule has 1 aliphatic rings. The quantitative estimate of drug-likeness (QED) is 0.884. The summed E-state index contributed by atoms with van der Waals surface area (Å²) in [5, 5.41) is 3.26. The van der Waals surface area contributed by atoms with E-state index in [0.717, 1.165) is 24.4 Å². The largest absolute Gasteiger partial charge is 0.497 e. The van der Waals surface area contributed by atoms with E-state index in [1.54, 1.807) is 12.0 Å². The van der Waals surface area contributed by atoms with Gasteiger partial charge in [-0.25, -0.2) is 0 Å². The summed E-state index contributed by atoms with van der Waals surface area (Å²) in [5.41, 5.74) is 0.890. The lowest BCUT2D eigenvalue weighted by Crippen LogP contribution is -2.44. The number of benzene rings is 1. The zero-order valence-corrected chi connectivity index (χ0v) is 11.1. The number of methoxy groups -OCH3 is 1. The van der Waals surface area contributed by atoms with Crippen LogP contribution in [0, 0.1) is 5.92 Å². The minimum absolute atomic E-state index is 0.0582. The molecule has 0 spiro atoms. The van der Waals surface area contributed by atoms with Crippen LogP contribution in [-0.4, -0.2) is 32.7 Å². The predicted octanol–water partition coefficient (Wildman–Crippen LogP) is 1.66. The Bertz CT molecular complexity index is 416. The molecule has 1 fully saturated rings. The van der Waals surface area contributed by atoms with Crippen molar-refractivity contribution < 1.29 is 9.53 Å². The minimum atomic E-state index is -0.0582. The number of nitrogens with zero attached hydrogens (tertiary/aromatic N) is 1. The second-order valence-corrected chi connectivity index (χ2v) is 4.79. The van der Waals surface area contributed by atoms with Gasteiger partial charge in [-0.15, -0.1) is 0 Å². The number of rotatable bonds is 3. The molecule has 2 rings (SSSR count). The summed E-state index contributed by atoms with van der Waals surface area (Å²) in [6, 6.07) is 7.47. The molecule has 2 atom stereocenters. The van der Waals surface area contributed by atoms with Gasteiger partial charge in [0.1, 0.15) is 5.75 Å². The van der Waals surface area contributed by atoms with Gasteiger partial charge >= 0.3 is 0 Å². The molecule has 1 saturated heterocycles. The lowest BCUT2D eigenvalue weighted by atomic mass is 10.0. The van der Waals surface area contributed by atoms with Crippen molar-refractivity contribution >= 4 is 11.6 Å². The first kappa shape index (κ1) is 12.9. The Balaban J connectivity index is 2.09. The molecule has 0 aliphatic carbocycles. The summed E-state index contributed by atoms with van der Waals surface area (Å²) in [4.78, 5) is 14.1. The maximum atomic E-state index is 12.3. The number of amides is 1. The molecule has 0 bridgehead atoms. The number of anilines is 1. The van der Waals surface area contributed by atoms with Crippen LogP contribution in [0.25, 0.3) is 0 Å². The molecule has 1 aromatic carbocycles. The Hall–Kier alpha value is -1.55. The molecule has 98 valence electrons. The van der Waals surface area contributed by atoms with Crippen molar-refractivity contribution in [2.24, 2.45) is 5.92 Å². The zero-order chi connectivity index (χ0) is 13.1. The number of hydrogen-bond acceptors (Lipinski definition) is 3. The highest BCUT2D eigenvalue weighted by Crippen LogP contribution is 2.22. The number of carbonyl (C=O) groups is 1. The Morgan fingerprint density at radius 1 is 1.39 bits per heavy atom. The van der Waals surface area contributed by atoms with E-state index < -0.39 is 0 Å². The Kier molecular flexibility index (Phi) is 3.87. The van der Waals surface area contributed by atoms with E-state index in [-0.39, 0.29) is 11.9 Å². The summed E-state index contributed by atoms with van der Waals surface area (Å²) in [6.07, 6.45) is 1.06. The van der Waals surface area contributed by atoms with E-state index in [9.17, 15) is 4.79 Å². The van der Waals surface area contributed by atoms with Crippen LogP contribution in [0.2, 0.25) is 0 Å². The molecule has 0 saturated carbocycles. The molecule has 1 aromatic rings. The summed E-state index contributed by atoms with van der Waals surface area (Å²) >= 11 is 0. The van der Waals surface area contributed by atoms with Crippen molar-refractivity contribution in [2.75, 3.05) is 25.6 Å². The summed E-state index contributed by atoms with van der Waals surface area (Å²) in [5.74, 6) is 1.33. The van der Waals surface area contributed by atoms with Gasteiger partial charge in [0.25, 0.3) is 0 Å². The number of carbonyl (C=O) groups excluding carboxylic acids is 1. The summed E-state index contributed by atoms with van der Waals surface area (Å²) in [6.45, 7) is 3.04. The monoisotopic (exact) mass is 248 g/mol. The maximum Gasteiger partial charge on any atom is 0.244 e. The van der Waals surface area contributed by atoms with Crippen LogP contribution in [0.5, 0.6) is 5.75 Å². The topological polar surface area (TPSA) is 41.6 Å². The van der Waals surface area contributed by atoms with Crippen LogP contribution < -0.4 is 15.0 Å². The predicted molar refractivity (Wildman–Crippen MR) is 72.0 cm³/mol. The van der Waals surface area contributed by atoms with E-state index in [4.69, 9.17) is 4.74 Å². The number of ether oxygens (including phenoxy) is 1. The van der Waals surface area contributed by atoms with E-state index in [0.29, 0.717) is 5.92 Å². The van der Waals surface area contributed by atoms with Crippen LogP contribution >= 0.6 is 0 Å². The molecule has 2 unspecified atom stereocenters. The Morgan fingerprint density at radius 2 is 2.06 bits per heavy atom. The highest BCUT2D eigenvalue weighted by atomic mass is 16.5. The van der Waals surface area contributed by atoms with Gasteiger partial charge in [-0.3, -0.25) is 4.79 Å². The fourth-order valence-corrected chi connectivity index (χ4v) is 2.31. The first-order valence-electron chi connectivity index (χ1n) is 6.28. The lowest BCUT2D eigenvalue weighted by molar-refractivity contribution is -0.120. The van der Waals surface area contributed by atoms with Crippen molar-refractivity contribution in [3.63, 3.8) is 0 Å². The third kappa shape index (κ3) is 2.48. The Labute approximate surface area is 108 Å². The van der Waals surface area contributed by atoms with E-state index >= 15 is 0 Å².